The first-order chi connectivity index (χ1) is 4.79. The summed E-state index contributed by atoms with van der Waals surface area (Å²) in [6.45, 7) is 0. The van der Waals surface area contributed by atoms with Gasteiger partial charge in [0.25, 0.3) is 0 Å². The van der Waals surface area contributed by atoms with Gasteiger partial charge in [-0.25, -0.2) is 0 Å². The summed E-state index contributed by atoms with van der Waals surface area (Å²) in [7, 11) is 0. The van der Waals surface area contributed by atoms with Crippen LogP contribution in [0.1, 0.15) is 5.56 Å². The zero-order valence-corrected chi connectivity index (χ0v) is 7.71. The number of carboxylic acids is 1. The maximum absolute atomic E-state index is 9.90. The van der Waals surface area contributed by atoms with E-state index in [1.54, 1.807) is 0 Å². The number of rotatable bonds is 2. The van der Waals surface area contributed by atoms with Crippen LogP contribution in [0.25, 0.3) is 6.08 Å². The van der Waals surface area contributed by atoms with Crippen LogP contribution in [0.3, 0.4) is 0 Å². The standard InChI is InChI=1S/C7H6O2S.Ag/c8-7(9)2-1-6-3-4-10-5-6;/h1-5H,(H,8,9);/q;+1/p-1/b2-1+;. The zero-order valence-electron chi connectivity index (χ0n) is 5.41. The average Bonchev–Trinajstić information content (AvgIpc) is 2.34. The Morgan fingerprint density at radius 1 is 1.64 bits per heavy atom. The van der Waals surface area contributed by atoms with E-state index in [1.807, 2.05) is 16.8 Å². The monoisotopic (exact) mass is 260 g/mol. The number of aliphatic carboxylic acids is 1. The van der Waals surface area contributed by atoms with Crippen LogP contribution in [-0.2, 0) is 27.2 Å². The van der Waals surface area contributed by atoms with Crippen LogP contribution in [-0.4, -0.2) is 5.97 Å². The third kappa shape index (κ3) is 4.16. The number of carbonyl (C=O) groups is 1. The fraction of sp³-hybridized carbons (Fsp3) is 0. The van der Waals surface area contributed by atoms with Gasteiger partial charge in [-0.3, -0.25) is 0 Å². The summed E-state index contributed by atoms with van der Waals surface area (Å²) in [6, 6.07) is 1.84. The average molecular weight is 261 g/mol. The Kier molecular flexibility index (Phi) is 5.15. The fourth-order valence-corrected chi connectivity index (χ4v) is 1.16. The molecule has 0 atom stereocenters. The summed E-state index contributed by atoms with van der Waals surface area (Å²) < 4.78 is 0. The molecule has 0 aliphatic carbocycles. The normalized spacial score (nSPS) is 9.45. The van der Waals surface area contributed by atoms with Crippen molar-refractivity contribution in [3.8, 4) is 0 Å². The Bertz CT molecular complexity index is 241. The van der Waals surface area contributed by atoms with E-state index in [9.17, 15) is 9.90 Å². The van der Waals surface area contributed by atoms with Gasteiger partial charge < -0.3 is 9.90 Å². The van der Waals surface area contributed by atoms with Crippen LogP contribution in [0.5, 0.6) is 0 Å². The summed E-state index contributed by atoms with van der Waals surface area (Å²) >= 11 is 1.53. The summed E-state index contributed by atoms with van der Waals surface area (Å²) in [4.78, 5) is 9.90. The quantitative estimate of drug-likeness (QED) is 0.574. The van der Waals surface area contributed by atoms with Crippen LogP contribution in [0.4, 0.5) is 0 Å². The zero-order chi connectivity index (χ0) is 7.40. The van der Waals surface area contributed by atoms with Gasteiger partial charge in [0.05, 0.1) is 5.97 Å². The molecule has 4 heteroatoms. The van der Waals surface area contributed by atoms with E-state index in [0.29, 0.717) is 0 Å². The van der Waals surface area contributed by atoms with Crippen molar-refractivity contribution >= 4 is 23.4 Å². The van der Waals surface area contributed by atoms with E-state index in [1.165, 1.54) is 17.4 Å². The molecular formula is C7H5AgO2S. The molecule has 0 radical (unpaired) electrons. The Morgan fingerprint density at radius 2 is 2.36 bits per heavy atom. The van der Waals surface area contributed by atoms with Crippen molar-refractivity contribution < 1.29 is 32.3 Å². The van der Waals surface area contributed by atoms with Crippen LogP contribution >= 0.6 is 11.3 Å². The smallest absolute Gasteiger partial charge is 0.545 e. The Balaban J connectivity index is 0.000001000. The van der Waals surface area contributed by atoms with Gasteiger partial charge in [0.15, 0.2) is 0 Å². The first kappa shape index (κ1) is 10.7. The summed E-state index contributed by atoms with van der Waals surface area (Å²) in [6.07, 6.45) is 2.52. The van der Waals surface area contributed by atoms with E-state index in [4.69, 9.17) is 0 Å². The third-order valence-corrected chi connectivity index (χ3v) is 1.66. The minimum absolute atomic E-state index is 0. The van der Waals surface area contributed by atoms with Crippen molar-refractivity contribution in [2.45, 2.75) is 0 Å². The second kappa shape index (κ2) is 5.32. The molecule has 11 heavy (non-hydrogen) atoms. The molecule has 1 aromatic rings. The molecule has 0 aliphatic rings. The Hall–Kier alpha value is -0.350. The van der Waals surface area contributed by atoms with Gasteiger partial charge in [-0.2, -0.15) is 11.3 Å². The molecule has 62 valence electrons. The molecule has 0 N–H and O–H groups in total. The SMILES string of the molecule is O=C([O-])/C=C/c1ccsc1.[Ag+]. The molecule has 1 rings (SSSR count). The number of hydrogen-bond acceptors (Lipinski definition) is 3. The van der Waals surface area contributed by atoms with Crippen LogP contribution in [0, 0.1) is 0 Å². The Morgan fingerprint density at radius 3 is 2.82 bits per heavy atom. The minimum Gasteiger partial charge on any atom is -0.545 e. The molecule has 1 heterocycles. The number of thiophene rings is 1. The van der Waals surface area contributed by atoms with E-state index >= 15 is 0 Å². The molecule has 0 fully saturated rings. The summed E-state index contributed by atoms with van der Waals surface area (Å²) in [5, 5.41) is 13.6. The van der Waals surface area contributed by atoms with Crippen molar-refractivity contribution in [2.24, 2.45) is 0 Å². The molecule has 0 unspecified atom stereocenters. The largest absolute Gasteiger partial charge is 1.00 e. The predicted molar refractivity (Wildman–Crippen MR) is 38.4 cm³/mol. The van der Waals surface area contributed by atoms with Crippen molar-refractivity contribution in [3.63, 3.8) is 0 Å². The molecule has 2 nitrogen and oxygen atoms in total. The second-order valence-electron chi connectivity index (χ2n) is 1.71. The van der Waals surface area contributed by atoms with Gasteiger partial charge in [0.2, 0.25) is 0 Å². The van der Waals surface area contributed by atoms with Gasteiger partial charge in [-0.1, -0.05) is 6.08 Å². The first-order valence-corrected chi connectivity index (χ1v) is 3.64. The van der Waals surface area contributed by atoms with Gasteiger partial charge >= 0.3 is 22.4 Å². The summed E-state index contributed by atoms with van der Waals surface area (Å²) in [5.41, 5.74) is 0.897. The molecule has 0 saturated heterocycles. The second-order valence-corrected chi connectivity index (χ2v) is 2.49. The number of hydrogen-bond donors (Lipinski definition) is 0. The van der Waals surface area contributed by atoms with Gasteiger partial charge in [-0.15, -0.1) is 0 Å². The number of carbonyl (C=O) groups excluding carboxylic acids is 1. The van der Waals surface area contributed by atoms with Crippen LogP contribution in [0.15, 0.2) is 22.9 Å². The topological polar surface area (TPSA) is 40.1 Å². The third-order valence-electron chi connectivity index (χ3n) is 0.955. The molecule has 0 amide bonds. The number of carboxylic acid groups (broad SMARTS) is 1. The van der Waals surface area contributed by atoms with Gasteiger partial charge in [0, 0.05) is 0 Å². The van der Waals surface area contributed by atoms with E-state index < -0.39 is 5.97 Å². The molecule has 0 bridgehead atoms. The van der Waals surface area contributed by atoms with Gasteiger partial charge in [0.1, 0.15) is 0 Å². The van der Waals surface area contributed by atoms with E-state index in [0.717, 1.165) is 11.6 Å². The van der Waals surface area contributed by atoms with Crippen molar-refractivity contribution in [2.75, 3.05) is 0 Å². The molecule has 0 saturated carbocycles. The molecule has 1 aromatic heterocycles. The Labute approximate surface area is 84.1 Å². The molecule has 0 aromatic carbocycles. The van der Waals surface area contributed by atoms with Crippen molar-refractivity contribution in [1.82, 2.24) is 0 Å². The predicted octanol–water partition coefficient (Wildman–Crippen LogP) is 0.509. The summed E-state index contributed by atoms with van der Waals surface area (Å²) in [5.74, 6) is -1.16. The first-order valence-electron chi connectivity index (χ1n) is 2.70. The molecule has 0 spiro atoms. The van der Waals surface area contributed by atoms with E-state index in [2.05, 4.69) is 0 Å². The van der Waals surface area contributed by atoms with Crippen LogP contribution < -0.4 is 5.11 Å². The van der Waals surface area contributed by atoms with Crippen molar-refractivity contribution in [3.05, 3.63) is 28.5 Å². The maximum Gasteiger partial charge on any atom is 1.00 e. The maximum atomic E-state index is 9.90. The molecule has 0 aliphatic heterocycles. The van der Waals surface area contributed by atoms with E-state index in [-0.39, 0.29) is 22.4 Å². The van der Waals surface area contributed by atoms with Crippen molar-refractivity contribution in [1.29, 1.82) is 0 Å². The fourth-order valence-electron chi connectivity index (χ4n) is 0.534. The molecular weight excluding hydrogens is 256 g/mol. The van der Waals surface area contributed by atoms with Gasteiger partial charge in [-0.05, 0) is 28.5 Å². The van der Waals surface area contributed by atoms with Crippen LogP contribution in [0.2, 0.25) is 0 Å². The minimum atomic E-state index is -1.16.